The Morgan fingerprint density at radius 1 is 1.04 bits per heavy atom. The highest BCUT2D eigenvalue weighted by atomic mass is 35.5. The summed E-state index contributed by atoms with van der Waals surface area (Å²) in [4.78, 5) is 23.8. The third-order valence-corrected chi connectivity index (χ3v) is 3.86. The number of benzene rings is 2. The number of carbonyl (C=O) groups excluding carboxylic acids is 2. The molecule has 0 saturated carbocycles. The molecule has 3 N–H and O–H groups in total. The maximum atomic E-state index is 12.0. The second kappa shape index (κ2) is 9.17. The summed E-state index contributed by atoms with van der Waals surface area (Å²) in [6.07, 6.45) is 0. The van der Waals surface area contributed by atoms with Crippen LogP contribution in [0.25, 0.3) is 0 Å². The number of halogens is 1. The number of thiocarbonyl (C=S) groups is 1. The van der Waals surface area contributed by atoms with Crippen molar-refractivity contribution in [3.05, 3.63) is 64.2 Å². The largest absolute Gasteiger partial charge is 0.483 e. The fraction of sp³-hybridized carbons (Fsp3) is 0.167. The first-order chi connectivity index (χ1) is 12.4. The number of carbonyl (C=O) groups is 2. The summed E-state index contributed by atoms with van der Waals surface area (Å²) in [6, 6.07) is 12.1. The molecule has 0 fully saturated rings. The zero-order valence-electron chi connectivity index (χ0n) is 14.3. The Labute approximate surface area is 161 Å². The van der Waals surface area contributed by atoms with Crippen molar-refractivity contribution in [1.82, 2.24) is 16.2 Å². The van der Waals surface area contributed by atoms with Gasteiger partial charge in [-0.3, -0.25) is 25.8 Å². The van der Waals surface area contributed by atoms with Gasteiger partial charge in [0, 0.05) is 10.6 Å². The van der Waals surface area contributed by atoms with Gasteiger partial charge < -0.3 is 4.74 Å². The van der Waals surface area contributed by atoms with Gasteiger partial charge in [0.1, 0.15) is 5.75 Å². The Hall–Kier alpha value is -2.64. The summed E-state index contributed by atoms with van der Waals surface area (Å²) < 4.78 is 5.53. The van der Waals surface area contributed by atoms with Gasteiger partial charge in [0.05, 0.1) is 0 Å². The van der Waals surface area contributed by atoms with Gasteiger partial charge in [-0.05, 0) is 61.5 Å². The maximum absolute atomic E-state index is 12.0. The lowest BCUT2D eigenvalue weighted by atomic mass is 10.1. The first kappa shape index (κ1) is 19.7. The molecule has 0 spiro atoms. The number of hydrogen-bond donors (Lipinski definition) is 3. The number of rotatable bonds is 4. The maximum Gasteiger partial charge on any atom is 0.276 e. The molecule has 2 aromatic carbocycles. The molecule has 0 bridgehead atoms. The molecule has 8 heteroatoms. The third-order valence-electron chi connectivity index (χ3n) is 3.41. The molecule has 6 nitrogen and oxygen atoms in total. The Bertz CT molecular complexity index is 805. The van der Waals surface area contributed by atoms with E-state index in [1.165, 1.54) is 0 Å². The van der Waals surface area contributed by atoms with Crippen LogP contribution in [-0.4, -0.2) is 23.5 Å². The quantitative estimate of drug-likeness (QED) is 0.551. The van der Waals surface area contributed by atoms with E-state index in [4.69, 9.17) is 28.6 Å². The molecule has 26 heavy (non-hydrogen) atoms. The van der Waals surface area contributed by atoms with Crippen LogP contribution < -0.4 is 20.9 Å². The van der Waals surface area contributed by atoms with Crippen LogP contribution in [0.15, 0.2) is 42.5 Å². The summed E-state index contributed by atoms with van der Waals surface area (Å²) in [5.41, 5.74) is 7.09. The lowest BCUT2D eigenvalue weighted by Crippen LogP contribution is -2.49. The van der Waals surface area contributed by atoms with Crippen molar-refractivity contribution in [1.29, 1.82) is 0 Å². The molecular weight excluding hydrogens is 374 g/mol. The van der Waals surface area contributed by atoms with Crippen molar-refractivity contribution in [2.45, 2.75) is 13.8 Å². The predicted octanol–water partition coefficient (Wildman–Crippen LogP) is 2.67. The molecule has 0 unspecified atom stereocenters. The number of para-hydroxylation sites is 1. The van der Waals surface area contributed by atoms with Gasteiger partial charge in [0.15, 0.2) is 11.7 Å². The molecule has 0 radical (unpaired) electrons. The van der Waals surface area contributed by atoms with Crippen molar-refractivity contribution in [2.75, 3.05) is 6.61 Å². The van der Waals surface area contributed by atoms with Gasteiger partial charge in [-0.2, -0.15) is 0 Å². The molecule has 136 valence electrons. The van der Waals surface area contributed by atoms with E-state index in [2.05, 4.69) is 16.2 Å². The molecule has 0 aliphatic carbocycles. The van der Waals surface area contributed by atoms with Crippen LogP contribution >= 0.6 is 23.8 Å². The standard InChI is InChI=1S/C18H18ClN3O3S/c1-11-4-3-5-12(2)16(11)25-10-15(23)21-22-18(26)20-17(24)13-6-8-14(19)9-7-13/h3-9H,10H2,1-2H3,(H,21,23)(H2,20,22,24,26). The number of nitrogens with one attached hydrogen (secondary N) is 3. The van der Waals surface area contributed by atoms with Gasteiger partial charge in [-0.1, -0.05) is 29.8 Å². The molecule has 0 heterocycles. The molecule has 0 aliphatic rings. The molecule has 0 saturated heterocycles. The molecule has 0 atom stereocenters. The Morgan fingerprint density at radius 2 is 1.65 bits per heavy atom. The summed E-state index contributed by atoms with van der Waals surface area (Å²) in [7, 11) is 0. The zero-order chi connectivity index (χ0) is 19.1. The average Bonchev–Trinajstić information content (AvgIpc) is 2.60. The van der Waals surface area contributed by atoms with Crippen LogP contribution in [0.2, 0.25) is 5.02 Å². The molecule has 0 aromatic heterocycles. The van der Waals surface area contributed by atoms with Crippen LogP contribution in [0, 0.1) is 13.8 Å². The van der Waals surface area contributed by atoms with E-state index in [1.54, 1.807) is 24.3 Å². The summed E-state index contributed by atoms with van der Waals surface area (Å²) >= 11 is 10.7. The Kier molecular flexibility index (Phi) is 6.94. The van der Waals surface area contributed by atoms with Crippen LogP contribution in [-0.2, 0) is 4.79 Å². The van der Waals surface area contributed by atoms with E-state index in [-0.39, 0.29) is 11.7 Å². The smallest absolute Gasteiger partial charge is 0.276 e. The van der Waals surface area contributed by atoms with Crippen LogP contribution in [0.1, 0.15) is 21.5 Å². The van der Waals surface area contributed by atoms with Gasteiger partial charge in [-0.15, -0.1) is 0 Å². The number of ether oxygens (including phenoxy) is 1. The van der Waals surface area contributed by atoms with Gasteiger partial charge in [0.25, 0.3) is 11.8 Å². The fourth-order valence-electron chi connectivity index (χ4n) is 2.13. The minimum atomic E-state index is -0.434. The first-order valence-electron chi connectivity index (χ1n) is 7.71. The van der Waals surface area contributed by atoms with Gasteiger partial charge in [0.2, 0.25) is 0 Å². The number of hydrogen-bond acceptors (Lipinski definition) is 4. The van der Waals surface area contributed by atoms with Gasteiger partial charge >= 0.3 is 0 Å². The van der Waals surface area contributed by atoms with Gasteiger partial charge in [-0.25, -0.2) is 0 Å². The van der Waals surface area contributed by atoms with Crippen LogP contribution in [0.3, 0.4) is 0 Å². The number of amides is 2. The fourth-order valence-corrected chi connectivity index (χ4v) is 2.40. The Balaban J connectivity index is 1.77. The summed E-state index contributed by atoms with van der Waals surface area (Å²) in [6.45, 7) is 3.62. The Morgan fingerprint density at radius 3 is 2.27 bits per heavy atom. The van der Waals surface area contributed by atoms with Crippen molar-refractivity contribution in [3.8, 4) is 5.75 Å². The van der Waals surface area contributed by atoms with E-state index in [0.29, 0.717) is 16.3 Å². The van der Waals surface area contributed by atoms with E-state index in [0.717, 1.165) is 11.1 Å². The summed E-state index contributed by atoms with van der Waals surface area (Å²) in [5, 5.41) is 2.94. The number of hydrazine groups is 1. The first-order valence-corrected chi connectivity index (χ1v) is 8.50. The second-order valence-corrected chi connectivity index (χ2v) is 6.32. The van der Waals surface area contributed by atoms with Crippen LogP contribution in [0.5, 0.6) is 5.75 Å². The highest BCUT2D eigenvalue weighted by molar-refractivity contribution is 7.80. The van der Waals surface area contributed by atoms with Crippen molar-refractivity contribution < 1.29 is 14.3 Å². The second-order valence-electron chi connectivity index (χ2n) is 5.47. The lowest BCUT2D eigenvalue weighted by Gasteiger charge is -2.13. The minimum Gasteiger partial charge on any atom is -0.483 e. The average molecular weight is 392 g/mol. The predicted molar refractivity (Wildman–Crippen MR) is 104 cm³/mol. The van der Waals surface area contributed by atoms with E-state index < -0.39 is 11.8 Å². The minimum absolute atomic E-state index is 0.0367. The molecular formula is C18H18ClN3O3S. The molecule has 2 aromatic rings. The van der Waals surface area contributed by atoms with Crippen molar-refractivity contribution in [2.24, 2.45) is 0 Å². The highest BCUT2D eigenvalue weighted by Gasteiger charge is 2.10. The van der Waals surface area contributed by atoms with E-state index in [1.807, 2.05) is 32.0 Å². The normalized spacial score (nSPS) is 9.96. The SMILES string of the molecule is Cc1cccc(C)c1OCC(=O)NNC(=S)NC(=O)c1ccc(Cl)cc1. The number of aryl methyl sites for hydroxylation is 2. The van der Waals surface area contributed by atoms with E-state index >= 15 is 0 Å². The van der Waals surface area contributed by atoms with Crippen molar-refractivity contribution in [3.63, 3.8) is 0 Å². The third kappa shape index (κ3) is 5.72. The molecule has 2 rings (SSSR count). The summed E-state index contributed by atoms with van der Waals surface area (Å²) in [5.74, 6) is -0.183. The lowest BCUT2D eigenvalue weighted by molar-refractivity contribution is -0.123. The molecule has 0 aliphatic heterocycles. The molecule has 2 amide bonds. The monoisotopic (exact) mass is 391 g/mol. The topological polar surface area (TPSA) is 79.5 Å². The zero-order valence-corrected chi connectivity index (χ0v) is 15.8. The van der Waals surface area contributed by atoms with E-state index in [9.17, 15) is 9.59 Å². The highest BCUT2D eigenvalue weighted by Crippen LogP contribution is 2.21. The van der Waals surface area contributed by atoms with Crippen LogP contribution in [0.4, 0.5) is 0 Å². The van der Waals surface area contributed by atoms with Crippen molar-refractivity contribution >= 4 is 40.7 Å².